The summed E-state index contributed by atoms with van der Waals surface area (Å²) >= 11 is 0. The van der Waals surface area contributed by atoms with Crippen LogP contribution >= 0.6 is 0 Å². The molecule has 0 heterocycles. The number of aliphatic hydroxyl groups excluding tert-OH is 2. The van der Waals surface area contributed by atoms with E-state index in [0.29, 0.717) is 5.69 Å². The summed E-state index contributed by atoms with van der Waals surface area (Å²) in [5, 5.41) is 24.1. The van der Waals surface area contributed by atoms with Gasteiger partial charge in [0.05, 0.1) is 18.5 Å². The van der Waals surface area contributed by atoms with E-state index in [0.717, 1.165) is 23.4 Å². The molecule has 0 radical (unpaired) electrons. The average molecular weight is 398 g/mol. The molecule has 2 aromatic rings. The number of hydrogen-bond donors (Lipinski definition) is 3. The molecule has 1 atom stereocenters. The molecule has 1 unspecified atom stereocenters. The standard InChI is InChI=1S/C18H19F3N2O3.C2H6/c1-10-3-4-15(11(2)5-10)23-18-12(6-14(19)16(20)17(18)21)7-22-26-9-13(25)8-24;1-2/h3-7,13,23-25H,8-9H2,1-2H3;1-2H3/b22-7+;. The molecule has 0 bridgehead atoms. The van der Waals surface area contributed by atoms with Crippen LogP contribution in [0.5, 0.6) is 0 Å². The number of rotatable bonds is 7. The lowest BCUT2D eigenvalue weighted by atomic mass is 10.1. The van der Waals surface area contributed by atoms with Crippen LogP contribution in [0.4, 0.5) is 24.5 Å². The van der Waals surface area contributed by atoms with Gasteiger partial charge in [0.15, 0.2) is 17.5 Å². The van der Waals surface area contributed by atoms with E-state index >= 15 is 0 Å². The van der Waals surface area contributed by atoms with E-state index < -0.39 is 30.2 Å². The van der Waals surface area contributed by atoms with Gasteiger partial charge in [-0.05, 0) is 31.5 Å². The highest BCUT2D eigenvalue weighted by atomic mass is 19.2. The van der Waals surface area contributed by atoms with Crippen molar-refractivity contribution in [2.45, 2.75) is 33.8 Å². The Kier molecular flexibility index (Phi) is 9.47. The van der Waals surface area contributed by atoms with Crippen molar-refractivity contribution in [3.63, 3.8) is 0 Å². The van der Waals surface area contributed by atoms with Crippen molar-refractivity contribution >= 4 is 17.6 Å². The number of nitrogens with one attached hydrogen (secondary N) is 1. The van der Waals surface area contributed by atoms with Gasteiger partial charge in [-0.1, -0.05) is 36.7 Å². The Labute approximate surface area is 162 Å². The minimum atomic E-state index is -1.61. The highest BCUT2D eigenvalue weighted by Crippen LogP contribution is 2.29. The number of benzene rings is 2. The van der Waals surface area contributed by atoms with Crippen molar-refractivity contribution in [2.75, 3.05) is 18.5 Å². The summed E-state index contributed by atoms with van der Waals surface area (Å²) in [7, 11) is 0. The van der Waals surface area contributed by atoms with Gasteiger partial charge in [0, 0.05) is 11.3 Å². The van der Waals surface area contributed by atoms with Crippen LogP contribution in [0, 0.1) is 31.3 Å². The number of aryl methyl sites for hydroxylation is 2. The van der Waals surface area contributed by atoms with Crippen LogP contribution in [0.2, 0.25) is 0 Å². The Hall–Kier alpha value is -2.58. The zero-order valence-electron chi connectivity index (χ0n) is 16.3. The van der Waals surface area contributed by atoms with Gasteiger partial charge in [0.2, 0.25) is 0 Å². The molecule has 2 aromatic carbocycles. The maximum Gasteiger partial charge on any atom is 0.196 e. The van der Waals surface area contributed by atoms with Gasteiger partial charge in [-0.25, -0.2) is 13.2 Å². The second kappa shape index (κ2) is 11.3. The summed E-state index contributed by atoms with van der Waals surface area (Å²) in [5.74, 6) is -4.36. The summed E-state index contributed by atoms with van der Waals surface area (Å²) in [4.78, 5) is 4.74. The second-order valence-corrected chi connectivity index (χ2v) is 5.76. The number of aliphatic hydroxyl groups is 2. The Bertz CT molecular complexity index is 814. The van der Waals surface area contributed by atoms with Crippen LogP contribution < -0.4 is 5.32 Å². The lowest BCUT2D eigenvalue weighted by Gasteiger charge is -2.14. The fourth-order valence-electron chi connectivity index (χ4n) is 2.21. The first-order chi connectivity index (χ1) is 13.3. The van der Waals surface area contributed by atoms with Crippen molar-refractivity contribution in [2.24, 2.45) is 5.16 Å². The molecule has 0 aromatic heterocycles. The third kappa shape index (κ3) is 6.24. The van der Waals surface area contributed by atoms with Gasteiger partial charge in [-0.15, -0.1) is 0 Å². The van der Waals surface area contributed by atoms with Gasteiger partial charge < -0.3 is 20.4 Å². The highest BCUT2D eigenvalue weighted by Gasteiger charge is 2.19. The minimum Gasteiger partial charge on any atom is -0.394 e. The lowest BCUT2D eigenvalue weighted by molar-refractivity contribution is 0.00884. The molecule has 0 aliphatic rings. The van der Waals surface area contributed by atoms with Crippen molar-refractivity contribution in [1.29, 1.82) is 0 Å². The largest absolute Gasteiger partial charge is 0.394 e. The van der Waals surface area contributed by atoms with E-state index in [1.165, 1.54) is 0 Å². The third-order valence-corrected chi connectivity index (χ3v) is 3.58. The SMILES string of the molecule is CC.Cc1ccc(Nc2c(/C=N/OCC(O)CO)cc(F)c(F)c2F)c(C)c1. The Morgan fingerprint density at radius 1 is 1.14 bits per heavy atom. The second-order valence-electron chi connectivity index (χ2n) is 5.76. The molecular formula is C20H25F3N2O3. The maximum atomic E-state index is 14.3. The van der Waals surface area contributed by atoms with Crippen LogP contribution in [0.25, 0.3) is 0 Å². The van der Waals surface area contributed by atoms with E-state index in [1.54, 1.807) is 19.1 Å². The topological polar surface area (TPSA) is 74.1 Å². The molecule has 2 rings (SSSR count). The fraction of sp³-hybridized carbons (Fsp3) is 0.350. The van der Waals surface area contributed by atoms with Crippen molar-refractivity contribution < 1.29 is 28.2 Å². The van der Waals surface area contributed by atoms with Crippen molar-refractivity contribution in [1.82, 2.24) is 0 Å². The quantitative estimate of drug-likeness (QED) is 0.371. The van der Waals surface area contributed by atoms with Gasteiger partial charge in [0.1, 0.15) is 12.7 Å². The molecule has 8 heteroatoms. The first-order valence-electron chi connectivity index (χ1n) is 8.79. The molecule has 0 spiro atoms. The normalized spacial score (nSPS) is 11.8. The molecule has 0 fully saturated rings. The number of anilines is 2. The van der Waals surface area contributed by atoms with E-state index in [4.69, 9.17) is 15.1 Å². The van der Waals surface area contributed by atoms with Crippen LogP contribution in [0.1, 0.15) is 30.5 Å². The Morgan fingerprint density at radius 3 is 2.43 bits per heavy atom. The van der Waals surface area contributed by atoms with Gasteiger partial charge in [0.25, 0.3) is 0 Å². The van der Waals surface area contributed by atoms with E-state index in [-0.39, 0.29) is 17.9 Å². The molecular weight excluding hydrogens is 373 g/mol. The zero-order valence-corrected chi connectivity index (χ0v) is 16.3. The summed E-state index contributed by atoms with van der Waals surface area (Å²) in [5.41, 5.74) is 1.92. The molecule has 28 heavy (non-hydrogen) atoms. The highest BCUT2D eigenvalue weighted by molar-refractivity contribution is 5.89. The minimum absolute atomic E-state index is 0.0835. The molecule has 0 saturated heterocycles. The molecule has 0 amide bonds. The molecule has 0 aliphatic heterocycles. The van der Waals surface area contributed by atoms with Gasteiger partial charge in [-0.3, -0.25) is 0 Å². The maximum absolute atomic E-state index is 14.3. The average Bonchev–Trinajstić information content (AvgIpc) is 2.69. The van der Waals surface area contributed by atoms with Crippen molar-refractivity contribution in [3.8, 4) is 0 Å². The van der Waals surface area contributed by atoms with E-state index in [9.17, 15) is 13.2 Å². The van der Waals surface area contributed by atoms with Crippen LogP contribution in [0.15, 0.2) is 29.4 Å². The van der Waals surface area contributed by atoms with Gasteiger partial charge in [-0.2, -0.15) is 0 Å². The summed E-state index contributed by atoms with van der Waals surface area (Å²) in [6.07, 6.45) is -0.150. The van der Waals surface area contributed by atoms with Gasteiger partial charge >= 0.3 is 0 Å². The summed E-state index contributed by atoms with van der Waals surface area (Å²) in [6.45, 7) is 6.86. The molecule has 0 saturated carbocycles. The Balaban J connectivity index is 0.00000190. The zero-order chi connectivity index (χ0) is 21.3. The first kappa shape index (κ1) is 23.5. The molecule has 154 valence electrons. The van der Waals surface area contributed by atoms with E-state index in [1.807, 2.05) is 26.8 Å². The molecule has 3 N–H and O–H groups in total. The predicted molar refractivity (Wildman–Crippen MR) is 104 cm³/mol. The number of hydrogen-bond acceptors (Lipinski definition) is 5. The lowest BCUT2D eigenvalue weighted by Crippen LogP contribution is -2.17. The molecule has 0 aliphatic carbocycles. The number of oxime groups is 1. The van der Waals surface area contributed by atoms with E-state index in [2.05, 4.69) is 10.5 Å². The third-order valence-electron chi connectivity index (χ3n) is 3.58. The van der Waals surface area contributed by atoms with Crippen molar-refractivity contribution in [3.05, 3.63) is 58.4 Å². The van der Waals surface area contributed by atoms with Crippen LogP contribution in [-0.4, -0.2) is 35.7 Å². The number of nitrogens with zero attached hydrogens (tertiary/aromatic N) is 1. The summed E-state index contributed by atoms with van der Waals surface area (Å²) < 4.78 is 41.5. The fourth-order valence-corrected chi connectivity index (χ4v) is 2.21. The predicted octanol–water partition coefficient (Wildman–Crippen LogP) is 4.19. The number of halogens is 3. The first-order valence-corrected chi connectivity index (χ1v) is 8.79. The Morgan fingerprint density at radius 2 is 1.82 bits per heavy atom. The summed E-state index contributed by atoms with van der Waals surface area (Å²) in [6, 6.07) is 6.12. The van der Waals surface area contributed by atoms with Crippen LogP contribution in [0.3, 0.4) is 0 Å². The monoisotopic (exact) mass is 398 g/mol. The molecule has 5 nitrogen and oxygen atoms in total. The van der Waals surface area contributed by atoms with Crippen LogP contribution in [-0.2, 0) is 4.84 Å². The smallest absolute Gasteiger partial charge is 0.196 e.